The van der Waals surface area contributed by atoms with Crippen LogP contribution >= 0.6 is 0 Å². The Morgan fingerprint density at radius 1 is 1.31 bits per heavy atom. The number of rotatable bonds is 4. The Bertz CT molecular complexity index is 340. The van der Waals surface area contributed by atoms with E-state index in [4.69, 9.17) is 0 Å². The molecule has 4 heteroatoms. The second-order valence-electron chi connectivity index (χ2n) is 4.58. The highest BCUT2D eigenvalue weighted by Gasteiger charge is 2.21. The maximum absolute atomic E-state index is 4.25. The highest BCUT2D eigenvalue weighted by Crippen LogP contribution is 2.27. The Morgan fingerprint density at radius 2 is 2.12 bits per heavy atom. The Balaban J connectivity index is 1.95. The molecule has 0 spiro atoms. The lowest BCUT2D eigenvalue weighted by Gasteiger charge is -2.13. The summed E-state index contributed by atoms with van der Waals surface area (Å²) in [5.74, 6) is 2.67. The molecule has 0 bridgehead atoms. The molecule has 1 heterocycles. The molecular weight excluding hydrogens is 200 g/mol. The molecule has 1 aromatic heterocycles. The van der Waals surface area contributed by atoms with Gasteiger partial charge in [0.15, 0.2) is 0 Å². The Hall–Kier alpha value is -1.32. The molecule has 88 valence electrons. The Morgan fingerprint density at radius 3 is 2.81 bits per heavy atom. The standard InChI is InChI=1S/C12H20N4/c1-3-13-11-7-12(15-8-14-11)16-10-5-4-9(2)6-10/h7-10H,3-6H2,1-2H3,(H2,13,14,15,16). The Kier molecular flexibility index (Phi) is 3.59. The molecule has 1 aromatic rings. The molecule has 0 radical (unpaired) electrons. The SMILES string of the molecule is CCNc1cc(NC2CCC(C)C2)ncn1. The zero-order chi connectivity index (χ0) is 11.4. The lowest BCUT2D eigenvalue weighted by Crippen LogP contribution is -2.16. The average Bonchev–Trinajstić information content (AvgIpc) is 2.65. The van der Waals surface area contributed by atoms with Gasteiger partial charge in [-0.15, -0.1) is 0 Å². The number of nitrogens with one attached hydrogen (secondary N) is 2. The zero-order valence-corrected chi connectivity index (χ0v) is 10.0. The van der Waals surface area contributed by atoms with E-state index in [-0.39, 0.29) is 0 Å². The average molecular weight is 220 g/mol. The summed E-state index contributed by atoms with van der Waals surface area (Å²) in [7, 11) is 0. The van der Waals surface area contributed by atoms with Crippen molar-refractivity contribution in [3.8, 4) is 0 Å². The van der Waals surface area contributed by atoms with Crippen LogP contribution in [0.4, 0.5) is 11.6 Å². The summed E-state index contributed by atoms with van der Waals surface area (Å²) < 4.78 is 0. The molecule has 2 atom stereocenters. The molecule has 1 fully saturated rings. The third-order valence-electron chi connectivity index (χ3n) is 3.07. The van der Waals surface area contributed by atoms with Crippen molar-refractivity contribution in [1.29, 1.82) is 0 Å². The van der Waals surface area contributed by atoms with Crippen molar-refractivity contribution in [2.75, 3.05) is 17.2 Å². The van der Waals surface area contributed by atoms with Crippen LogP contribution in [0.25, 0.3) is 0 Å². The highest BCUT2D eigenvalue weighted by atomic mass is 15.1. The fourth-order valence-corrected chi connectivity index (χ4v) is 2.26. The lowest BCUT2D eigenvalue weighted by atomic mass is 10.1. The first kappa shape index (κ1) is 11.2. The van der Waals surface area contributed by atoms with Gasteiger partial charge in [-0.1, -0.05) is 6.92 Å². The van der Waals surface area contributed by atoms with E-state index in [0.717, 1.165) is 24.1 Å². The molecule has 2 N–H and O–H groups in total. The van der Waals surface area contributed by atoms with E-state index in [9.17, 15) is 0 Å². The monoisotopic (exact) mass is 220 g/mol. The van der Waals surface area contributed by atoms with E-state index >= 15 is 0 Å². The molecule has 0 aromatic carbocycles. The molecule has 1 aliphatic rings. The van der Waals surface area contributed by atoms with Gasteiger partial charge in [-0.05, 0) is 32.1 Å². The summed E-state index contributed by atoms with van der Waals surface area (Å²) in [6.07, 6.45) is 5.43. The summed E-state index contributed by atoms with van der Waals surface area (Å²) >= 11 is 0. The quantitative estimate of drug-likeness (QED) is 0.818. The first-order chi connectivity index (χ1) is 7.78. The third kappa shape index (κ3) is 2.84. The minimum absolute atomic E-state index is 0.583. The molecule has 0 saturated heterocycles. The van der Waals surface area contributed by atoms with Crippen LogP contribution in [0.1, 0.15) is 33.1 Å². The molecule has 0 aliphatic heterocycles. The van der Waals surface area contributed by atoms with Crippen LogP contribution in [-0.4, -0.2) is 22.6 Å². The fourth-order valence-electron chi connectivity index (χ4n) is 2.26. The molecule has 1 saturated carbocycles. The van der Waals surface area contributed by atoms with Crippen molar-refractivity contribution < 1.29 is 0 Å². The molecule has 2 unspecified atom stereocenters. The van der Waals surface area contributed by atoms with Crippen LogP contribution in [0, 0.1) is 5.92 Å². The van der Waals surface area contributed by atoms with Crippen LogP contribution in [0.15, 0.2) is 12.4 Å². The fraction of sp³-hybridized carbons (Fsp3) is 0.667. The smallest absolute Gasteiger partial charge is 0.131 e. The van der Waals surface area contributed by atoms with Gasteiger partial charge in [0.05, 0.1) is 0 Å². The van der Waals surface area contributed by atoms with Crippen LogP contribution in [0.3, 0.4) is 0 Å². The minimum Gasteiger partial charge on any atom is -0.370 e. The van der Waals surface area contributed by atoms with Crippen molar-refractivity contribution in [3.63, 3.8) is 0 Å². The first-order valence-electron chi connectivity index (χ1n) is 6.10. The van der Waals surface area contributed by atoms with E-state index in [1.54, 1.807) is 6.33 Å². The maximum atomic E-state index is 4.25. The van der Waals surface area contributed by atoms with Crippen molar-refractivity contribution >= 4 is 11.6 Å². The van der Waals surface area contributed by atoms with E-state index in [1.807, 2.05) is 6.07 Å². The van der Waals surface area contributed by atoms with Gasteiger partial charge in [0.25, 0.3) is 0 Å². The van der Waals surface area contributed by atoms with Crippen LogP contribution in [-0.2, 0) is 0 Å². The predicted molar refractivity (Wildman–Crippen MR) is 66.6 cm³/mol. The number of anilines is 2. The second-order valence-corrected chi connectivity index (χ2v) is 4.58. The summed E-state index contributed by atoms with van der Waals surface area (Å²) in [5.41, 5.74) is 0. The van der Waals surface area contributed by atoms with Crippen LogP contribution in [0.5, 0.6) is 0 Å². The van der Waals surface area contributed by atoms with Gasteiger partial charge in [-0.3, -0.25) is 0 Å². The van der Waals surface area contributed by atoms with Gasteiger partial charge < -0.3 is 10.6 Å². The second kappa shape index (κ2) is 5.14. The number of aromatic nitrogens is 2. The van der Waals surface area contributed by atoms with E-state index in [0.29, 0.717) is 6.04 Å². The summed E-state index contributed by atoms with van der Waals surface area (Å²) in [6.45, 7) is 5.26. The topological polar surface area (TPSA) is 49.8 Å². The lowest BCUT2D eigenvalue weighted by molar-refractivity contribution is 0.602. The summed E-state index contributed by atoms with van der Waals surface area (Å²) in [6, 6.07) is 2.56. The van der Waals surface area contributed by atoms with Crippen molar-refractivity contribution in [2.45, 2.75) is 39.2 Å². The van der Waals surface area contributed by atoms with Gasteiger partial charge in [0.1, 0.15) is 18.0 Å². The van der Waals surface area contributed by atoms with E-state index in [1.165, 1.54) is 19.3 Å². The van der Waals surface area contributed by atoms with Gasteiger partial charge >= 0.3 is 0 Å². The predicted octanol–water partition coefficient (Wildman–Crippen LogP) is 2.51. The summed E-state index contributed by atoms with van der Waals surface area (Å²) in [5, 5.41) is 6.67. The minimum atomic E-state index is 0.583. The highest BCUT2D eigenvalue weighted by molar-refractivity contribution is 5.46. The van der Waals surface area contributed by atoms with Crippen molar-refractivity contribution in [2.24, 2.45) is 5.92 Å². The van der Waals surface area contributed by atoms with Crippen molar-refractivity contribution in [3.05, 3.63) is 12.4 Å². The normalized spacial score (nSPS) is 24.4. The number of hydrogen-bond donors (Lipinski definition) is 2. The molecular formula is C12H20N4. The van der Waals surface area contributed by atoms with Crippen LogP contribution in [0.2, 0.25) is 0 Å². The van der Waals surface area contributed by atoms with Crippen LogP contribution < -0.4 is 10.6 Å². The Labute approximate surface area is 96.9 Å². The van der Waals surface area contributed by atoms with E-state index in [2.05, 4.69) is 34.4 Å². The molecule has 2 rings (SSSR count). The molecule has 0 amide bonds. The van der Waals surface area contributed by atoms with Gasteiger partial charge in [-0.2, -0.15) is 0 Å². The van der Waals surface area contributed by atoms with E-state index < -0.39 is 0 Å². The zero-order valence-electron chi connectivity index (χ0n) is 10.0. The number of hydrogen-bond acceptors (Lipinski definition) is 4. The third-order valence-corrected chi connectivity index (χ3v) is 3.07. The molecule has 4 nitrogen and oxygen atoms in total. The largest absolute Gasteiger partial charge is 0.370 e. The van der Waals surface area contributed by atoms with Gasteiger partial charge in [0.2, 0.25) is 0 Å². The molecule has 16 heavy (non-hydrogen) atoms. The molecule has 1 aliphatic carbocycles. The number of nitrogens with zero attached hydrogens (tertiary/aromatic N) is 2. The van der Waals surface area contributed by atoms with Crippen molar-refractivity contribution in [1.82, 2.24) is 9.97 Å². The first-order valence-corrected chi connectivity index (χ1v) is 6.10. The van der Waals surface area contributed by atoms with Gasteiger partial charge in [-0.25, -0.2) is 9.97 Å². The summed E-state index contributed by atoms with van der Waals surface area (Å²) in [4.78, 5) is 8.40. The maximum Gasteiger partial charge on any atom is 0.131 e. The van der Waals surface area contributed by atoms with Gasteiger partial charge in [0, 0.05) is 18.7 Å².